The van der Waals surface area contributed by atoms with E-state index >= 15 is 0 Å². The number of nitrogens with one attached hydrogen (secondary N) is 1. The zero-order chi connectivity index (χ0) is 13.9. The number of rotatable bonds is 5. The van der Waals surface area contributed by atoms with Crippen molar-refractivity contribution >= 4 is 0 Å². The molecule has 6 heteroatoms. The summed E-state index contributed by atoms with van der Waals surface area (Å²) < 4.78 is 12.3. The third-order valence-electron chi connectivity index (χ3n) is 3.21. The van der Waals surface area contributed by atoms with Crippen molar-refractivity contribution in [3.63, 3.8) is 0 Å². The zero-order valence-electron chi connectivity index (χ0n) is 11.2. The summed E-state index contributed by atoms with van der Waals surface area (Å²) in [6.45, 7) is 1.39. The van der Waals surface area contributed by atoms with Crippen LogP contribution in [0.25, 0.3) is 0 Å². The smallest absolute Gasteiger partial charge is 0.231 e. The van der Waals surface area contributed by atoms with Gasteiger partial charge in [0.25, 0.3) is 0 Å². The predicted octanol–water partition coefficient (Wildman–Crippen LogP) is 0.972. The van der Waals surface area contributed by atoms with Crippen LogP contribution in [0.1, 0.15) is 17.2 Å². The maximum atomic E-state index is 10.2. The summed E-state index contributed by atoms with van der Waals surface area (Å²) in [6, 6.07) is 5.49. The Hall–Kier alpha value is -2.05. The molecular weight excluding hydrogens is 258 g/mol. The summed E-state index contributed by atoms with van der Waals surface area (Å²) in [5, 5.41) is 17.5. The number of fused-ring (bicyclic) bond motifs is 1. The van der Waals surface area contributed by atoms with Crippen molar-refractivity contribution in [1.29, 1.82) is 0 Å². The second-order valence-electron chi connectivity index (χ2n) is 4.78. The van der Waals surface area contributed by atoms with Crippen LogP contribution in [-0.2, 0) is 13.6 Å². The fraction of sp³-hybridized carbons (Fsp3) is 0.357. The SMILES string of the molecule is Cn1cc(CNCC(O)c2ccc3c(c2)OCO3)cn1. The van der Waals surface area contributed by atoms with Gasteiger partial charge in [-0.3, -0.25) is 4.68 Å². The lowest BCUT2D eigenvalue weighted by atomic mass is 10.1. The molecule has 0 aliphatic carbocycles. The van der Waals surface area contributed by atoms with Crippen LogP contribution in [0.3, 0.4) is 0 Å². The predicted molar refractivity (Wildman–Crippen MR) is 72.4 cm³/mol. The van der Waals surface area contributed by atoms with Crippen LogP contribution in [-0.4, -0.2) is 28.2 Å². The number of ether oxygens (including phenoxy) is 2. The van der Waals surface area contributed by atoms with E-state index in [4.69, 9.17) is 9.47 Å². The molecule has 2 aromatic rings. The normalized spacial score (nSPS) is 14.5. The number of hydrogen-bond acceptors (Lipinski definition) is 5. The largest absolute Gasteiger partial charge is 0.454 e. The molecule has 0 amide bonds. The number of aliphatic hydroxyl groups excluding tert-OH is 1. The number of hydrogen-bond donors (Lipinski definition) is 2. The molecule has 1 aromatic heterocycles. The van der Waals surface area contributed by atoms with E-state index in [0.717, 1.165) is 16.9 Å². The Morgan fingerprint density at radius 3 is 3.05 bits per heavy atom. The van der Waals surface area contributed by atoms with Crippen LogP contribution in [0.5, 0.6) is 11.5 Å². The van der Waals surface area contributed by atoms with Crippen LogP contribution in [0.2, 0.25) is 0 Å². The van der Waals surface area contributed by atoms with Crippen molar-refractivity contribution in [3.8, 4) is 11.5 Å². The highest BCUT2D eigenvalue weighted by Crippen LogP contribution is 2.34. The molecular formula is C14H17N3O3. The Morgan fingerprint density at radius 1 is 1.40 bits per heavy atom. The van der Waals surface area contributed by atoms with Gasteiger partial charge in [0.15, 0.2) is 11.5 Å². The first-order valence-corrected chi connectivity index (χ1v) is 6.48. The van der Waals surface area contributed by atoms with Crippen LogP contribution in [0.15, 0.2) is 30.6 Å². The average Bonchev–Trinajstić information content (AvgIpc) is 3.06. The lowest BCUT2D eigenvalue weighted by molar-refractivity contribution is 0.170. The fourth-order valence-electron chi connectivity index (χ4n) is 2.15. The van der Waals surface area contributed by atoms with Crippen molar-refractivity contribution in [2.75, 3.05) is 13.3 Å². The maximum Gasteiger partial charge on any atom is 0.231 e. The monoisotopic (exact) mass is 275 g/mol. The molecule has 0 bridgehead atoms. The van der Waals surface area contributed by atoms with E-state index in [1.165, 1.54) is 0 Å². The second kappa shape index (κ2) is 5.52. The highest BCUT2D eigenvalue weighted by molar-refractivity contribution is 5.45. The van der Waals surface area contributed by atoms with Gasteiger partial charge in [-0.1, -0.05) is 6.07 Å². The molecule has 1 aliphatic rings. The summed E-state index contributed by atoms with van der Waals surface area (Å²) >= 11 is 0. The standard InChI is InChI=1S/C14H17N3O3/c1-17-8-10(6-16-17)5-15-7-12(18)11-2-3-13-14(4-11)20-9-19-13/h2-4,6,8,12,15,18H,5,7,9H2,1H3. The minimum atomic E-state index is -0.582. The lowest BCUT2D eigenvalue weighted by Crippen LogP contribution is -2.20. The van der Waals surface area contributed by atoms with E-state index in [2.05, 4.69) is 10.4 Å². The molecule has 1 aromatic carbocycles. The highest BCUT2D eigenvalue weighted by atomic mass is 16.7. The second-order valence-corrected chi connectivity index (χ2v) is 4.78. The quantitative estimate of drug-likeness (QED) is 0.851. The third kappa shape index (κ3) is 2.76. The molecule has 2 heterocycles. The van der Waals surface area contributed by atoms with E-state index in [9.17, 15) is 5.11 Å². The van der Waals surface area contributed by atoms with Crippen molar-refractivity contribution in [2.45, 2.75) is 12.6 Å². The number of benzene rings is 1. The van der Waals surface area contributed by atoms with Crippen LogP contribution >= 0.6 is 0 Å². The van der Waals surface area contributed by atoms with Gasteiger partial charge in [-0.05, 0) is 17.7 Å². The first-order chi connectivity index (χ1) is 9.72. The van der Waals surface area contributed by atoms with Gasteiger partial charge in [-0.25, -0.2) is 0 Å². The molecule has 0 radical (unpaired) electrons. The average molecular weight is 275 g/mol. The van der Waals surface area contributed by atoms with Crippen molar-refractivity contribution < 1.29 is 14.6 Å². The Balaban J connectivity index is 1.55. The molecule has 20 heavy (non-hydrogen) atoms. The van der Waals surface area contributed by atoms with Gasteiger partial charge in [0.1, 0.15) is 0 Å². The van der Waals surface area contributed by atoms with Crippen molar-refractivity contribution in [3.05, 3.63) is 41.7 Å². The molecule has 106 valence electrons. The van der Waals surface area contributed by atoms with Gasteiger partial charge in [-0.2, -0.15) is 5.10 Å². The fourth-order valence-corrected chi connectivity index (χ4v) is 2.15. The molecule has 1 unspecified atom stereocenters. The number of aliphatic hydroxyl groups is 1. The number of nitrogens with zero attached hydrogens (tertiary/aromatic N) is 2. The van der Waals surface area contributed by atoms with E-state index in [0.29, 0.717) is 18.8 Å². The van der Waals surface area contributed by atoms with Crippen LogP contribution < -0.4 is 14.8 Å². The number of aryl methyl sites for hydroxylation is 1. The van der Waals surface area contributed by atoms with Crippen molar-refractivity contribution in [2.24, 2.45) is 7.05 Å². The molecule has 3 rings (SSSR count). The van der Waals surface area contributed by atoms with Gasteiger partial charge in [0.2, 0.25) is 6.79 Å². The lowest BCUT2D eigenvalue weighted by Gasteiger charge is -2.12. The maximum absolute atomic E-state index is 10.2. The molecule has 1 atom stereocenters. The molecule has 0 saturated carbocycles. The summed E-state index contributed by atoms with van der Waals surface area (Å²) in [7, 11) is 1.88. The summed E-state index contributed by atoms with van der Waals surface area (Å²) in [6.07, 6.45) is 3.17. The summed E-state index contributed by atoms with van der Waals surface area (Å²) in [5.41, 5.74) is 1.90. The van der Waals surface area contributed by atoms with E-state index in [-0.39, 0.29) is 6.79 Å². The summed E-state index contributed by atoms with van der Waals surface area (Å²) in [4.78, 5) is 0. The van der Waals surface area contributed by atoms with Crippen molar-refractivity contribution in [1.82, 2.24) is 15.1 Å². The Morgan fingerprint density at radius 2 is 2.25 bits per heavy atom. The molecule has 6 nitrogen and oxygen atoms in total. The Labute approximate surface area is 116 Å². The zero-order valence-corrected chi connectivity index (χ0v) is 11.2. The topological polar surface area (TPSA) is 68.5 Å². The first-order valence-electron chi connectivity index (χ1n) is 6.48. The van der Waals surface area contributed by atoms with E-state index in [1.807, 2.05) is 31.4 Å². The highest BCUT2D eigenvalue weighted by Gasteiger charge is 2.16. The molecule has 1 aliphatic heterocycles. The van der Waals surface area contributed by atoms with Gasteiger partial charge < -0.3 is 19.9 Å². The van der Waals surface area contributed by atoms with E-state index in [1.54, 1.807) is 10.9 Å². The van der Waals surface area contributed by atoms with Gasteiger partial charge >= 0.3 is 0 Å². The molecule has 0 fully saturated rings. The Kier molecular flexibility index (Phi) is 3.58. The van der Waals surface area contributed by atoms with Crippen LogP contribution in [0, 0.1) is 0 Å². The minimum absolute atomic E-state index is 0.244. The first kappa shape index (κ1) is 13.0. The number of aromatic nitrogens is 2. The molecule has 0 saturated heterocycles. The minimum Gasteiger partial charge on any atom is -0.454 e. The van der Waals surface area contributed by atoms with Gasteiger partial charge in [0.05, 0.1) is 12.3 Å². The molecule has 0 spiro atoms. The van der Waals surface area contributed by atoms with Crippen LogP contribution in [0.4, 0.5) is 0 Å². The van der Waals surface area contributed by atoms with E-state index < -0.39 is 6.10 Å². The van der Waals surface area contributed by atoms with Gasteiger partial charge in [0, 0.05) is 31.9 Å². The molecule has 2 N–H and O–H groups in total. The summed E-state index contributed by atoms with van der Waals surface area (Å²) in [5.74, 6) is 1.41. The third-order valence-corrected chi connectivity index (χ3v) is 3.21. The van der Waals surface area contributed by atoms with Gasteiger partial charge in [-0.15, -0.1) is 0 Å². The Bertz CT molecular complexity index is 597.